The summed E-state index contributed by atoms with van der Waals surface area (Å²) >= 11 is 0. The molecule has 0 radical (unpaired) electrons. The second-order valence-electron chi connectivity index (χ2n) is 6.34. The Kier molecular flexibility index (Phi) is 4.49. The van der Waals surface area contributed by atoms with Gasteiger partial charge in [-0.05, 0) is 41.8 Å². The largest absolute Gasteiger partial charge is 0.312 e. The number of hydrogen-bond acceptors (Lipinski definition) is 3. The molecule has 0 spiro atoms. The predicted octanol–water partition coefficient (Wildman–Crippen LogP) is 3.80. The zero-order chi connectivity index (χ0) is 18.0. The number of rotatable bonds is 4. The van der Waals surface area contributed by atoms with Crippen LogP contribution in [0.25, 0.3) is 11.1 Å². The first-order chi connectivity index (χ1) is 12.6. The first-order valence-corrected chi connectivity index (χ1v) is 10.1. The second-order valence-corrected chi connectivity index (χ2v) is 7.99. The van der Waals surface area contributed by atoms with Crippen molar-refractivity contribution in [2.75, 3.05) is 11.3 Å². The third-order valence-electron chi connectivity index (χ3n) is 4.65. The number of benzene rings is 3. The Morgan fingerprint density at radius 3 is 2.46 bits per heavy atom. The van der Waals surface area contributed by atoms with E-state index in [0.717, 1.165) is 24.1 Å². The fraction of sp³-hybridized carbons (Fsp3) is 0.143. The molecule has 132 valence electrons. The number of hydrogen-bond donors (Lipinski definition) is 2. The summed E-state index contributed by atoms with van der Waals surface area (Å²) in [6, 6.07) is 22.5. The van der Waals surface area contributed by atoms with E-state index in [1.807, 2.05) is 54.6 Å². The van der Waals surface area contributed by atoms with Crippen LogP contribution in [0.4, 0.5) is 5.69 Å². The summed E-state index contributed by atoms with van der Waals surface area (Å²) in [6.45, 7) is 1.59. The highest BCUT2D eigenvalue weighted by Gasteiger charge is 2.21. The van der Waals surface area contributed by atoms with Gasteiger partial charge < -0.3 is 5.32 Å². The predicted molar refractivity (Wildman–Crippen MR) is 105 cm³/mol. The Morgan fingerprint density at radius 1 is 0.846 bits per heavy atom. The lowest BCUT2D eigenvalue weighted by Gasteiger charge is -2.21. The first-order valence-electron chi connectivity index (χ1n) is 8.64. The van der Waals surface area contributed by atoms with E-state index in [2.05, 4.69) is 16.1 Å². The van der Waals surface area contributed by atoms with Gasteiger partial charge in [0.1, 0.15) is 0 Å². The summed E-state index contributed by atoms with van der Waals surface area (Å²) in [4.78, 5) is 0.285. The quantitative estimate of drug-likeness (QED) is 0.740. The molecule has 3 aromatic rings. The van der Waals surface area contributed by atoms with Gasteiger partial charge >= 0.3 is 0 Å². The van der Waals surface area contributed by atoms with Crippen molar-refractivity contribution in [2.45, 2.75) is 17.9 Å². The highest BCUT2D eigenvalue weighted by molar-refractivity contribution is 7.92. The summed E-state index contributed by atoms with van der Waals surface area (Å²) in [5, 5.41) is 3.31. The van der Waals surface area contributed by atoms with Gasteiger partial charge in [0.15, 0.2) is 0 Å². The highest BCUT2D eigenvalue weighted by Crippen LogP contribution is 2.30. The minimum Gasteiger partial charge on any atom is -0.312 e. The number of sulfonamides is 1. The van der Waals surface area contributed by atoms with E-state index in [1.165, 1.54) is 5.56 Å². The molecule has 0 amide bonds. The number of nitrogens with one attached hydrogen (secondary N) is 2. The van der Waals surface area contributed by atoms with Crippen LogP contribution in [0.2, 0.25) is 0 Å². The monoisotopic (exact) mass is 364 g/mol. The minimum absolute atomic E-state index is 0.285. The van der Waals surface area contributed by atoms with Gasteiger partial charge in [0.25, 0.3) is 10.0 Å². The van der Waals surface area contributed by atoms with E-state index in [9.17, 15) is 8.42 Å². The lowest BCUT2D eigenvalue weighted by molar-refractivity contribution is 0.601. The molecule has 0 atom stereocenters. The van der Waals surface area contributed by atoms with Crippen LogP contribution in [0.1, 0.15) is 11.1 Å². The molecular formula is C21H20N2O2S. The summed E-state index contributed by atoms with van der Waals surface area (Å²) in [5.74, 6) is 0. The molecule has 4 rings (SSSR count). The normalized spacial score (nSPS) is 13.8. The van der Waals surface area contributed by atoms with E-state index in [1.54, 1.807) is 12.1 Å². The third kappa shape index (κ3) is 3.23. The molecule has 3 aromatic carbocycles. The van der Waals surface area contributed by atoms with Crippen molar-refractivity contribution >= 4 is 15.7 Å². The topological polar surface area (TPSA) is 58.2 Å². The average Bonchev–Trinajstić information content (AvgIpc) is 2.69. The molecule has 5 heteroatoms. The Balaban J connectivity index is 1.76. The highest BCUT2D eigenvalue weighted by atomic mass is 32.2. The van der Waals surface area contributed by atoms with E-state index in [-0.39, 0.29) is 4.90 Å². The lowest BCUT2D eigenvalue weighted by atomic mass is 10.00. The van der Waals surface area contributed by atoms with Crippen LogP contribution in [0.15, 0.2) is 77.7 Å². The van der Waals surface area contributed by atoms with E-state index >= 15 is 0 Å². The maximum absolute atomic E-state index is 13.2. The fourth-order valence-electron chi connectivity index (χ4n) is 3.37. The number of fused-ring (bicyclic) bond motifs is 1. The van der Waals surface area contributed by atoms with Crippen LogP contribution >= 0.6 is 0 Å². The third-order valence-corrected chi connectivity index (χ3v) is 6.08. The van der Waals surface area contributed by atoms with Gasteiger partial charge in [0.05, 0.1) is 10.6 Å². The molecule has 2 N–H and O–H groups in total. The zero-order valence-electron chi connectivity index (χ0n) is 14.3. The molecule has 4 nitrogen and oxygen atoms in total. The summed E-state index contributed by atoms with van der Waals surface area (Å²) in [5.41, 5.74) is 4.45. The van der Waals surface area contributed by atoms with Crippen LogP contribution in [0.5, 0.6) is 0 Å². The maximum atomic E-state index is 13.2. The van der Waals surface area contributed by atoms with Crippen molar-refractivity contribution in [3.8, 4) is 11.1 Å². The van der Waals surface area contributed by atoms with Crippen molar-refractivity contribution in [2.24, 2.45) is 0 Å². The molecule has 1 aliphatic heterocycles. The molecule has 26 heavy (non-hydrogen) atoms. The van der Waals surface area contributed by atoms with Crippen molar-refractivity contribution in [1.29, 1.82) is 0 Å². The molecule has 0 aromatic heterocycles. The van der Waals surface area contributed by atoms with Crippen LogP contribution in [-0.4, -0.2) is 15.0 Å². The van der Waals surface area contributed by atoms with Crippen molar-refractivity contribution in [3.05, 3.63) is 83.9 Å². The second kappa shape index (κ2) is 6.94. The summed E-state index contributed by atoms with van der Waals surface area (Å²) in [7, 11) is -3.70. The van der Waals surface area contributed by atoms with Gasteiger partial charge in [-0.15, -0.1) is 0 Å². The molecule has 0 unspecified atom stereocenters. The molecule has 1 heterocycles. The Morgan fingerprint density at radius 2 is 1.62 bits per heavy atom. The van der Waals surface area contributed by atoms with Crippen LogP contribution < -0.4 is 10.0 Å². The molecular weight excluding hydrogens is 344 g/mol. The molecule has 0 aliphatic carbocycles. The van der Waals surface area contributed by atoms with Crippen molar-refractivity contribution in [3.63, 3.8) is 0 Å². The molecule has 0 saturated carbocycles. The van der Waals surface area contributed by atoms with Crippen LogP contribution in [-0.2, 0) is 23.0 Å². The van der Waals surface area contributed by atoms with Gasteiger partial charge in [-0.2, -0.15) is 0 Å². The van der Waals surface area contributed by atoms with E-state index in [0.29, 0.717) is 17.8 Å². The average molecular weight is 364 g/mol. The molecule has 1 aliphatic rings. The van der Waals surface area contributed by atoms with Crippen LogP contribution in [0, 0.1) is 0 Å². The zero-order valence-corrected chi connectivity index (χ0v) is 15.1. The van der Waals surface area contributed by atoms with Crippen molar-refractivity contribution < 1.29 is 8.42 Å². The number of anilines is 1. The Hall–Kier alpha value is -2.63. The first kappa shape index (κ1) is 16.8. The van der Waals surface area contributed by atoms with Crippen LogP contribution in [0.3, 0.4) is 0 Å². The smallest absolute Gasteiger partial charge is 0.262 e. The molecule has 0 bridgehead atoms. The molecule has 0 saturated heterocycles. The summed E-state index contributed by atoms with van der Waals surface area (Å²) in [6.07, 6.45) is 0.908. The van der Waals surface area contributed by atoms with E-state index < -0.39 is 10.0 Å². The van der Waals surface area contributed by atoms with Crippen molar-refractivity contribution in [1.82, 2.24) is 5.32 Å². The van der Waals surface area contributed by atoms with Gasteiger partial charge in [0.2, 0.25) is 0 Å². The standard InChI is InChI=1S/C21H20N2O2S/c24-26(25,23-20-11-6-9-17-13-14-22-15-19(17)20)21-12-5-4-10-18(21)16-7-2-1-3-8-16/h1-12,22-23H,13-15H2. The van der Waals surface area contributed by atoms with Gasteiger partial charge in [-0.25, -0.2) is 8.42 Å². The summed E-state index contributed by atoms with van der Waals surface area (Å²) < 4.78 is 29.1. The fourth-order valence-corrected chi connectivity index (χ4v) is 4.69. The Bertz CT molecular complexity index is 1030. The lowest BCUT2D eigenvalue weighted by Crippen LogP contribution is -2.25. The van der Waals surface area contributed by atoms with Gasteiger partial charge in [-0.3, -0.25) is 4.72 Å². The van der Waals surface area contributed by atoms with Gasteiger partial charge in [0, 0.05) is 12.1 Å². The molecule has 0 fully saturated rings. The minimum atomic E-state index is -3.70. The SMILES string of the molecule is O=S(=O)(Nc1cccc2c1CNCC2)c1ccccc1-c1ccccc1. The maximum Gasteiger partial charge on any atom is 0.262 e. The Labute approximate surface area is 153 Å². The van der Waals surface area contributed by atoms with Gasteiger partial charge in [-0.1, -0.05) is 60.7 Å². The van der Waals surface area contributed by atoms with E-state index in [4.69, 9.17) is 0 Å².